The average Bonchev–Trinajstić information content (AvgIpc) is 2.92. The summed E-state index contributed by atoms with van der Waals surface area (Å²) in [6.07, 6.45) is 3.37. The SMILES string of the molecule is CC(=CC(C)C(O[Si](C)(C)C(C)(C)C)C(C)C=O)CC(C)C(O[Si](C)(C)C(C)(C)C)C(C)C(O)C(C)COCc1ccccc1. The van der Waals surface area contributed by atoms with Gasteiger partial charge in [-0.2, -0.15) is 0 Å². The Morgan fingerprint density at radius 1 is 0.800 bits per heavy atom. The maximum atomic E-state index is 12.0. The summed E-state index contributed by atoms with van der Waals surface area (Å²) >= 11 is 0. The van der Waals surface area contributed by atoms with E-state index in [0.717, 1.165) is 18.3 Å². The number of aliphatic hydroxyl groups excluding tert-OH is 1. The number of ether oxygens (including phenoxy) is 1. The summed E-state index contributed by atoms with van der Waals surface area (Å²) in [7, 11) is -4.19. The Morgan fingerprint density at radius 3 is 1.76 bits per heavy atom. The van der Waals surface area contributed by atoms with Gasteiger partial charge in [0.25, 0.3) is 0 Å². The van der Waals surface area contributed by atoms with E-state index in [1.807, 2.05) is 25.1 Å². The first kappa shape index (κ1) is 41.9. The van der Waals surface area contributed by atoms with Crippen LogP contribution in [0.3, 0.4) is 0 Å². The highest BCUT2D eigenvalue weighted by molar-refractivity contribution is 6.74. The van der Waals surface area contributed by atoms with E-state index in [9.17, 15) is 9.90 Å². The van der Waals surface area contributed by atoms with E-state index in [-0.39, 0.29) is 51.9 Å². The number of allylic oxidation sites excluding steroid dienone is 1. The molecule has 1 aromatic rings. The Bertz CT molecular complexity index is 1040. The molecule has 45 heavy (non-hydrogen) atoms. The van der Waals surface area contributed by atoms with Crippen LogP contribution in [0.4, 0.5) is 0 Å². The van der Waals surface area contributed by atoms with Gasteiger partial charge < -0.3 is 23.5 Å². The van der Waals surface area contributed by atoms with Crippen molar-refractivity contribution in [3.05, 3.63) is 47.5 Å². The van der Waals surface area contributed by atoms with Gasteiger partial charge in [-0.25, -0.2) is 0 Å². The fourth-order valence-corrected chi connectivity index (χ4v) is 8.47. The molecular formula is C38H70O5Si2. The quantitative estimate of drug-likeness (QED) is 0.0963. The third kappa shape index (κ3) is 12.8. The maximum Gasteiger partial charge on any atom is 0.192 e. The van der Waals surface area contributed by atoms with E-state index in [1.54, 1.807) is 0 Å². The summed E-state index contributed by atoms with van der Waals surface area (Å²) in [4.78, 5) is 12.0. The summed E-state index contributed by atoms with van der Waals surface area (Å²) in [5, 5.41) is 11.7. The highest BCUT2D eigenvalue weighted by Gasteiger charge is 2.44. The van der Waals surface area contributed by atoms with Gasteiger partial charge in [0.1, 0.15) is 6.29 Å². The van der Waals surface area contributed by atoms with Crippen LogP contribution in [0.5, 0.6) is 0 Å². The van der Waals surface area contributed by atoms with Crippen molar-refractivity contribution in [2.75, 3.05) is 6.61 Å². The Labute approximate surface area is 280 Å². The summed E-state index contributed by atoms with van der Waals surface area (Å²) in [6.45, 7) is 36.5. The second-order valence-electron chi connectivity index (χ2n) is 17.1. The molecule has 1 aromatic carbocycles. The van der Waals surface area contributed by atoms with E-state index in [2.05, 4.69) is 121 Å². The smallest absolute Gasteiger partial charge is 0.192 e. The molecule has 5 nitrogen and oxygen atoms in total. The minimum atomic E-state index is -2.13. The lowest BCUT2D eigenvalue weighted by atomic mass is 9.82. The second kappa shape index (κ2) is 17.3. The molecule has 0 spiro atoms. The third-order valence-corrected chi connectivity index (χ3v) is 19.6. The molecule has 7 heteroatoms. The van der Waals surface area contributed by atoms with Gasteiger partial charge in [0.05, 0.1) is 31.5 Å². The van der Waals surface area contributed by atoms with Crippen LogP contribution >= 0.6 is 0 Å². The largest absolute Gasteiger partial charge is 0.413 e. The third-order valence-electron chi connectivity index (χ3n) is 10.6. The first-order chi connectivity index (χ1) is 20.4. The van der Waals surface area contributed by atoms with Crippen molar-refractivity contribution < 1.29 is 23.5 Å². The van der Waals surface area contributed by atoms with Crippen LogP contribution < -0.4 is 0 Å². The van der Waals surface area contributed by atoms with Gasteiger partial charge in [-0.3, -0.25) is 0 Å². The first-order valence-electron chi connectivity index (χ1n) is 17.2. The topological polar surface area (TPSA) is 65.0 Å². The van der Waals surface area contributed by atoms with Crippen LogP contribution in [0.1, 0.15) is 95.1 Å². The zero-order valence-corrected chi connectivity index (χ0v) is 33.9. The number of rotatable bonds is 18. The molecule has 0 amide bonds. The van der Waals surface area contributed by atoms with Crippen molar-refractivity contribution in [2.24, 2.45) is 29.6 Å². The molecule has 0 aliphatic rings. The Kier molecular flexibility index (Phi) is 16.2. The predicted octanol–water partition coefficient (Wildman–Crippen LogP) is 10.1. The molecule has 260 valence electrons. The van der Waals surface area contributed by atoms with E-state index in [1.165, 1.54) is 5.57 Å². The van der Waals surface area contributed by atoms with Gasteiger partial charge in [0.2, 0.25) is 0 Å². The van der Waals surface area contributed by atoms with Crippen LogP contribution in [0.25, 0.3) is 0 Å². The van der Waals surface area contributed by atoms with Crippen molar-refractivity contribution in [1.82, 2.24) is 0 Å². The van der Waals surface area contributed by atoms with Gasteiger partial charge >= 0.3 is 0 Å². The molecule has 8 atom stereocenters. The number of carbonyl (C=O) groups excluding carboxylic acids is 1. The first-order valence-corrected chi connectivity index (χ1v) is 23.0. The standard InChI is InChI=1S/C38H70O5Si2/c1-27(22-28(2)35(30(4)24-39)42-44(13,14)37(7,8)9)23-29(3)36(43-45(15,16)38(10,11)12)32(6)34(40)31(5)25-41-26-33-20-18-17-19-21-33/h17-22,24,28-32,34-36,40H,23,25-26H2,1-16H3. The number of benzene rings is 1. The van der Waals surface area contributed by atoms with Crippen LogP contribution in [0.15, 0.2) is 42.0 Å². The van der Waals surface area contributed by atoms with Gasteiger partial charge in [0, 0.05) is 17.8 Å². The fraction of sp³-hybridized carbons (Fsp3) is 0.763. The number of hydrogen-bond donors (Lipinski definition) is 1. The Balaban J connectivity index is 3.19. The fourth-order valence-electron chi connectivity index (χ4n) is 5.53. The minimum absolute atomic E-state index is 0.0313. The molecule has 0 heterocycles. The average molecular weight is 663 g/mol. The van der Waals surface area contributed by atoms with Crippen LogP contribution in [-0.4, -0.2) is 52.9 Å². The van der Waals surface area contributed by atoms with E-state index in [4.69, 9.17) is 13.6 Å². The predicted molar refractivity (Wildman–Crippen MR) is 197 cm³/mol. The molecule has 0 saturated carbocycles. The van der Waals surface area contributed by atoms with E-state index in [0.29, 0.717) is 13.2 Å². The van der Waals surface area contributed by atoms with Crippen molar-refractivity contribution in [2.45, 2.75) is 151 Å². The number of hydrogen-bond acceptors (Lipinski definition) is 5. The molecule has 0 aliphatic heterocycles. The van der Waals surface area contributed by atoms with Crippen molar-refractivity contribution in [3.63, 3.8) is 0 Å². The minimum Gasteiger partial charge on any atom is -0.413 e. The maximum absolute atomic E-state index is 12.0. The summed E-state index contributed by atoms with van der Waals surface area (Å²) < 4.78 is 20.0. The van der Waals surface area contributed by atoms with Crippen LogP contribution in [0, 0.1) is 29.6 Å². The Morgan fingerprint density at radius 2 is 1.29 bits per heavy atom. The number of aliphatic hydroxyl groups is 1. The molecule has 0 fully saturated rings. The van der Waals surface area contributed by atoms with Gasteiger partial charge in [-0.1, -0.05) is 118 Å². The second-order valence-corrected chi connectivity index (χ2v) is 26.6. The highest BCUT2D eigenvalue weighted by Crippen LogP contribution is 2.42. The van der Waals surface area contributed by atoms with Crippen molar-refractivity contribution in [3.8, 4) is 0 Å². The lowest BCUT2D eigenvalue weighted by Gasteiger charge is -2.44. The number of carbonyl (C=O) groups is 1. The van der Waals surface area contributed by atoms with E-state index < -0.39 is 22.7 Å². The molecule has 1 N–H and O–H groups in total. The highest BCUT2D eigenvalue weighted by atomic mass is 28.4. The molecule has 8 unspecified atom stereocenters. The molecule has 1 rings (SSSR count). The van der Waals surface area contributed by atoms with Gasteiger partial charge in [-0.05, 0) is 67.0 Å². The van der Waals surface area contributed by atoms with Gasteiger partial charge in [0.15, 0.2) is 16.6 Å². The summed E-state index contributed by atoms with van der Waals surface area (Å²) in [5.74, 6) is -0.00869. The monoisotopic (exact) mass is 662 g/mol. The van der Waals surface area contributed by atoms with E-state index >= 15 is 0 Å². The van der Waals surface area contributed by atoms with Crippen molar-refractivity contribution in [1.29, 1.82) is 0 Å². The summed E-state index contributed by atoms with van der Waals surface area (Å²) in [5.41, 5.74) is 2.40. The number of aldehydes is 1. The van der Waals surface area contributed by atoms with Crippen LogP contribution in [0.2, 0.25) is 36.3 Å². The zero-order chi connectivity index (χ0) is 35.0. The lowest BCUT2D eigenvalue weighted by molar-refractivity contribution is -0.113. The van der Waals surface area contributed by atoms with Crippen LogP contribution in [-0.2, 0) is 25.0 Å². The Hall–Kier alpha value is -1.10. The molecule has 0 bridgehead atoms. The molecule has 0 aliphatic carbocycles. The van der Waals surface area contributed by atoms with Crippen molar-refractivity contribution >= 4 is 22.9 Å². The molecule has 0 saturated heterocycles. The lowest BCUT2D eigenvalue weighted by Crippen LogP contribution is -2.50. The van der Waals surface area contributed by atoms with Gasteiger partial charge in [-0.15, -0.1) is 0 Å². The normalized spacial score (nSPS) is 19.3. The molecular weight excluding hydrogens is 593 g/mol. The molecule has 0 radical (unpaired) electrons. The zero-order valence-electron chi connectivity index (χ0n) is 31.9. The summed E-state index contributed by atoms with van der Waals surface area (Å²) in [6, 6.07) is 10.2. The molecule has 0 aromatic heterocycles.